The quantitative estimate of drug-likeness (QED) is 0.534. The highest BCUT2D eigenvalue weighted by molar-refractivity contribution is 8.01. The van der Waals surface area contributed by atoms with Crippen LogP contribution < -0.4 is 4.74 Å². The third-order valence-corrected chi connectivity index (χ3v) is 4.68. The summed E-state index contributed by atoms with van der Waals surface area (Å²) >= 11 is 1.67. The van der Waals surface area contributed by atoms with Crippen molar-refractivity contribution in [3.05, 3.63) is 71.9 Å². The number of methoxy groups -OCH3 is 1. The van der Waals surface area contributed by atoms with Gasteiger partial charge in [0.05, 0.1) is 7.11 Å². The first-order valence-corrected chi connectivity index (χ1v) is 9.80. The van der Waals surface area contributed by atoms with Gasteiger partial charge in [-0.15, -0.1) is 11.8 Å². The highest BCUT2D eigenvalue weighted by Gasteiger charge is 2.10. The van der Waals surface area contributed by atoms with Crippen molar-refractivity contribution in [2.45, 2.75) is 6.92 Å². The van der Waals surface area contributed by atoms with Crippen molar-refractivity contribution in [3.63, 3.8) is 0 Å². The maximum atomic E-state index is 9.81. The largest absolute Gasteiger partial charge is 0.504 e. The number of nitrogens with zero attached hydrogens (tertiary/aromatic N) is 1. The van der Waals surface area contributed by atoms with E-state index in [-0.39, 0.29) is 5.75 Å². The van der Waals surface area contributed by atoms with E-state index in [0.29, 0.717) is 5.75 Å². The molecule has 3 aromatic rings. The predicted octanol–water partition coefficient (Wildman–Crippen LogP) is 5.78. The molecule has 2 heterocycles. The van der Waals surface area contributed by atoms with Gasteiger partial charge in [-0.1, -0.05) is 30.4 Å². The molecule has 0 radical (unpaired) electrons. The third-order valence-electron chi connectivity index (χ3n) is 4.25. The molecule has 5 heteroatoms. The normalized spacial score (nSPS) is 12.5. The van der Waals surface area contributed by atoms with Crippen molar-refractivity contribution in [2.75, 3.05) is 13.4 Å². The number of hydrogen-bond donors (Lipinski definition) is 2. The minimum atomic E-state index is 0.124. The summed E-state index contributed by atoms with van der Waals surface area (Å²) in [4.78, 5) is 7.77. The Kier molecular flexibility index (Phi) is 6.04. The number of aromatic nitrogens is 2. The molecular formula is C22H22N2O2S. The Morgan fingerprint density at radius 3 is 2.81 bits per heavy atom. The zero-order valence-corrected chi connectivity index (χ0v) is 16.4. The highest BCUT2D eigenvalue weighted by atomic mass is 32.2. The van der Waals surface area contributed by atoms with Gasteiger partial charge >= 0.3 is 0 Å². The van der Waals surface area contributed by atoms with E-state index in [4.69, 9.17) is 4.74 Å². The number of fused-ring (bicyclic) bond motifs is 1. The second-order valence-electron chi connectivity index (χ2n) is 6.01. The van der Waals surface area contributed by atoms with Crippen molar-refractivity contribution in [1.29, 1.82) is 0 Å². The summed E-state index contributed by atoms with van der Waals surface area (Å²) in [7, 11) is 1.54. The van der Waals surface area contributed by atoms with Crippen LogP contribution in [0.2, 0.25) is 0 Å². The Bertz CT molecular complexity index is 1030. The predicted molar refractivity (Wildman–Crippen MR) is 115 cm³/mol. The number of ether oxygens (including phenoxy) is 1. The average molecular weight is 378 g/mol. The van der Waals surface area contributed by atoms with Crippen molar-refractivity contribution in [1.82, 2.24) is 9.97 Å². The number of H-pyrrole nitrogens is 1. The second-order valence-corrected chi connectivity index (χ2v) is 6.75. The van der Waals surface area contributed by atoms with Gasteiger partial charge in [-0.3, -0.25) is 0 Å². The van der Waals surface area contributed by atoms with Gasteiger partial charge in [0, 0.05) is 28.9 Å². The van der Waals surface area contributed by atoms with Gasteiger partial charge in [-0.2, -0.15) is 0 Å². The number of aromatic amines is 1. The van der Waals surface area contributed by atoms with E-state index in [9.17, 15) is 5.11 Å². The van der Waals surface area contributed by atoms with Crippen LogP contribution in [0, 0.1) is 0 Å². The molecule has 0 spiro atoms. The molecule has 0 saturated carbocycles. The van der Waals surface area contributed by atoms with E-state index in [2.05, 4.69) is 29.0 Å². The molecule has 0 aliphatic heterocycles. The van der Waals surface area contributed by atoms with Crippen LogP contribution in [-0.4, -0.2) is 28.4 Å². The number of thioether (sulfide) groups is 1. The number of pyridine rings is 1. The Morgan fingerprint density at radius 1 is 1.19 bits per heavy atom. The summed E-state index contributed by atoms with van der Waals surface area (Å²) in [6, 6.07) is 7.41. The second kappa shape index (κ2) is 8.64. The lowest BCUT2D eigenvalue weighted by atomic mass is 10.0. The van der Waals surface area contributed by atoms with Gasteiger partial charge in [0.15, 0.2) is 11.5 Å². The molecule has 27 heavy (non-hydrogen) atoms. The zero-order valence-electron chi connectivity index (χ0n) is 15.6. The van der Waals surface area contributed by atoms with Crippen LogP contribution in [0.3, 0.4) is 0 Å². The summed E-state index contributed by atoms with van der Waals surface area (Å²) in [5.74, 6) is 0.570. The van der Waals surface area contributed by atoms with Gasteiger partial charge in [0.1, 0.15) is 5.65 Å². The van der Waals surface area contributed by atoms with Gasteiger partial charge in [0.25, 0.3) is 0 Å². The minimum absolute atomic E-state index is 0.124. The molecular weight excluding hydrogens is 356 g/mol. The molecule has 0 fully saturated rings. The number of hydrogen-bond acceptors (Lipinski definition) is 4. The smallest absolute Gasteiger partial charge is 0.161 e. The first-order valence-electron chi connectivity index (χ1n) is 8.52. The minimum Gasteiger partial charge on any atom is -0.504 e. The molecule has 4 nitrogen and oxygen atoms in total. The molecule has 0 saturated heterocycles. The molecule has 0 aliphatic carbocycles. The Morgan fingerprint density at radius 2 is 2.04 bits per heavy atom. The van der Waals surface area contributed by atoms with Crippen molar-refractivity contribution in [2.24, 2.45) is 0 Å². The van der Waals surface area contributed by atoms with Gasteiger partial charge in [0.2, 0.25) is 0 Å². The SMILES string of the molecule is COc1cc(-c2cnc3[nH]cc(/C(C)=C/C=C\C=C\SC)c3c2)ccc1O. The van der Waals surface area contributed by atoms with Gasteiger partial charge < -0.3 is 14.8 Å². The van der Waals surface area contributed by atoms with E-state index in [1.165, 1.54) is 0 Å². The lowest BCUT2D eigenvalue weighted by molar-refractivity contribution is 0.373. The molecule has 0 bridgehead atoms. The van der Waals surface area contributed by atoms with Crippen LogP contribution >= 0.6 is 11.8 Å². The number of allylic oxidation sites excluding steroid dienone is 5. The fourth-order valence-electron chi connectivity index (χ4n) is 2.82. The van der Waals surface area contributed by atoms with Gasteiger partial charge in [-0.05, 0) is 47.9 Å². The molecule has 1 aromatic carbocycles. The molecule has 0 atom stereocenters. The van der Waals surface area contributed by atoms with Crippen LogP contribution in [0.25, 0.3) is 27.7 Å². The van der Waals surface area contributed by atoms with Crippen LogP contribution in [0.4, 0.5) is 0 Å². The number of phenols is 1. The third kappa shape index (κ3) is 4.26. The molecule has 2 N–H and O–H groups in total. The maximum Gasteiger partial charge on any atom is 0.161 e. The van der Waals surface area contributed by atoms with Crippen molar-refractivity contribution >= 4 is 28.4 Å². The van der Waals surface area contributed by atoms with E-state index < -0.39 is 0 Å². The first kappa shape index (κ1) is 18.9. The fourth-order valence-corrected chi connectivity index (χ4v) is 3.07. The van der Waals surface area contributed by atoms with Gasteiger partial charge in [-0.25, -0.2) is 4.98 Å². The maximum absolute atomic E-state index is 9.81. The standard InChI is InChI=1S/C22H22N2O2S/c1-15(7-5-4-6-10-27-3)19-14-24-22-18(19)11-17(13-23-22)16-8-9-20(25)21(12-16)26-2/h4-14,25H,1-3H3,(H,23,24)/b5-4-,10-6+,15-7+. The molecule has 0 aliphatic rings. The number of rotatable bonds is 6. The number of aromatic hydroxyl groups is 1. The number of phenolic OH excluding ortho intramolecular Hbond substituents is 1. The number of nitrogens with one attached hydrogen (secondary N) is 1. The van der Waals surface area contributed by atoms with Crippen LogP contribution in [0.15, 0.2) is 66.4 Å². The molecule has 3 rings (SSSR count). The summed E-state index contributed by atoms with van der Waals surface area (Å²) in [6.07, 6.45) is 14.0. The van der Waals surface area contributed by atoms with E-state index in [1.807, 2.05) is 54.4 Å². The van der Waals surface area contributed by atoms with E-state index in [1.54, 1.807) is 24.9 Å². The Hall–Kier alpha value is -2.92. The van der Waals surface area contributed by atoms with Crippen LogP contribution in [-0.2, 0) is 0 Å². The monoisotopic (exact) mass is 378 g/mol. The topological polar surface area (TPSA) is 58.1 Å². The average Bonchev–Trinajstić information content (AvgIpc) is 3.11. The molecule has 2 aromatic heterocycles. The number of benzene rings is 1. The Labute approximate surface area is 163 Å². The van der Waals surface area contributed by atoms with Crippen molar-refractivity contribution < 1.29 is 9.84 Å². The summed E-state index contributed by atoms with van der Waals surface area (Å²) in [5, 5.41) is 12.9. The highest BCUT2D eigenvalue weighted by Crippen LogP contribution is 2.33. The first-order chi connectivity index (χ1) is 13.1. The molecule has 138 valence electrons. The fraction of sp³-hybridized carbons (Fsp3) is 0.136. The molecule has 0 unspecified atom stereocenters. The summed E-state index contributed by atoms with van der Waals surface area (Å²) in [5.41, 5.74) is 5.02. The van der Waals surface area contributed by atoms with Crippen molar-refractivity contribution in [3.8, 4) is 22.6 Å². The zero-order chi connectivity index (χ0) is 19.2. The van der Waals surface area contributed by atoms with E-state index >= 15 is 0 Å². The van der Waals surface area contributed by atoms with Crippen LogP contribution in [0.1, 0.15) is 12.5 Å². The molecule has 0 amide bonds. The summed E-state index contributed by atoms with van der Waals surface area (Å²) in [6.45, 7) is 2.08. The van der Waals surface area contributed by atoms with E-state index in [0.717, 1.165) is 33.3 Å². The van der Waals surface area contributed by atoms with Crippen LogP contribution in [0.5, 0.6) is 11.5 Å². The lowest BCUT2D eigenvalue weighted by Gasteiger charge is -2.07. The lowest BCUT2D eigenvalue weighted by Crippen LogP contribution is -1.87. The Balaban J connectivity index is 1.98. The summed E-state index contributed by atoms with van der Waals surface area (Å²) < 4.78 is 5.21.